The third-order valence-electron chi connectivity index (χ3n) is 1.58. The highest BCUT2D eigenvalue weighted by Gasteiger charge is 2.12. The maximum Gasteiger partial charge on any atom is 0.332 e. The van der Waals surface area contributed by atoms with E-state index in [9.17, 15) is 9.59 Å². The summed E-state index contributed by atoms with van der Waals surface area (Å²) in [6.07, 6.45) is 0.519. The van der Waals surface area contributed by atoms with Gasteiger partial charge in [-0.3, -0.25) is 0 Å². The number of thioether (sulfide) groups is 1. The summed E-state index contributed by atoms with van der Waals surface area (Å²) in [5, 5.41) is 22.2. The fraction of sp³-hybridized carbons (Fsp3) is 0.750. The van der Waals surface area contributed by atoms with E-state index in [1.54, 1.807) is 11.8 Å². The van der Waals surface area contributed by atoms with Crippen molar-refractivity contribution in [3.63, 3.8) is 0 Å². The summed E-state index contributed by atoms with van der Waals surface area (Å²) < 4.78 is 0. The van der Waals surface area contributed by atoms with Crippen LogP contribution in [0.5, 0.6) is 0 Å². The van der Waals surface area contributed by atoms with Gasteiger partial charge in [-0.25, -0.2) is 9.59 Å². The molecule has 15 heavy (non-hydrogen) atoms. The van der Waals surface area contributed by atoms with Gasteiger partial charge in [-0.2, -0.15) is 11.8 Å². The zero-order valence-electron chi connectivity index (χ0n) is 8.52. The van der Waals surface area contributed by atoms with Crippen LogP contribution in [0.25, 0.3) is 0 Å². The quantitative estimate of drug-likeness (QED) is 0.446. The fourth-order valence-electron chi connectivity index (χ4n) is 0.775. The smallest absolute Gasteiger partial charge is 0.332 e. The molecule has 1 atom stereocenters. The molecule has 0 aliphatic carbocycles. The number of carboxylic acid groups (broad SMARTS) is 1. The van der Waals surface area contributed by atoms with E-state index in [0.717, 1.165) is 5.75 Å². The molecule has 0 rings (SSSR count). The number of hydrogen-bond donors (Lipinski definition) is 4. The van der Waals surface area contributed by atoms with E-state index >= 15 is 0 Å². The monoisotopic (exact) mass is 236 g/mol. The van der Waals surface area contributed by atoms with Crippen LogP contribution in [0.3, 0.4) is 0 Å². The van der Waals surface area contributed by atoms with E-state index in [1.807, 2.05) is 6.26 Å². The molecule has 6 nitrogen and oxygen atoms in total. The zero-order valence-corrected chi connectivity index (χ0v) is 9.34. The minimum absolute atomic E-state index is 0.00524. The minimum Gasteiger partial charge on any atom is -0.479 e. The highest BCUT2D eigenvalue weighted by molar-refractivity contribution is 7.98. The van der Waals surface area contributed by atoms with Crippen LogP contribution < -0.4 is 10.6 Å². The van der Waals surface area contributed by atoms with Gasteiger partial charge >= 0.3 is 12.0 Å². The molecule has 0 heterocycles. The number of hydrogen-bond acceptors (Lipinski definition) is 4. The first-order valence-corrected chi connectivity index (χ1v) is 5.88. The number of carboxylic acids is 1. The predicted octanol–water partition coefficient (Wildman–Crippen LogP) is -0.516. The van der Waals surface area contributed by atoms with Crippen molar-refractivity contribution in [3.05, 3.63) is 0 Å². The van der Waals surface area contributed by atoms with E-state index in [-0.39, 0.29) is 19.0 Å². The van der Waals surface area contributed by atoms with Gasteiger partial charge in [-0.1, -0.05) is 0 Å². The van der Waals surface area contributed by atoms with E-state index in [2.05, 4.69) is 10.6 Å². The Morgan fingerprint density at radius 2 is 1.93 bits per heavy atom. The number of aliphatic hydroxyl groups is 1. The van der Waals surface area contributed by atoms with E-state index in [0.29, 0.717) is 6.54 Å². The predicted molar refractivity (Wildman–Crippen MR) is 58.0 cm³/mol. The van der Waals surface area contributed by atoms with Crippen LogP contribution in [0.15, 0.2) is 0 Å². The molecule has 0 saturated heterocycles. The summed E-state index contributed by atoms with van der Waals surface area (Å²) >= 11 is 1.62. The lowest BCUT2D eigenvalue weighted by atomic mass is 10.2. The molecule has 0 aromatic carbocycles. The second-order valence-electron chi connectivity index (χ2n) is 2.82. The fourth-order valence-corrected chi connectivity index (χ4v) is 1.08. The SMILES string of the molecule is CSCCNC(=O)NCC[C@H](O)C(=O)O. The second-order valence-corrected chi connectivity index (χ2v) is 3.80. The molecular weight excluding hydrogens is 220 g/mol. The molecule has 0 fully saturated rings. The van der Waals surface area contributed by atoms with Crippen molar-refractivity contribution in [3.8, 4) is 0 Å². The van der Waals surface area contributed by atoms with Crippen molar-refractivity contribution in [1.82, 2.24) is 10.6 Å². The lowest BCUT2D eigenvalue weighted by molar-refractivity contribution is -0.146. The third-order valence-corrected chi connectivity index (χ3v) is 2.19. The number of aliphatic hydroxyl groups excluding tert-OH is 1. The molecule has 0 aliphatic rings. The lowest BCUT2D eigenvalue weighted by Crippen LogP contribution is -2.38. The molecule has 4 N–H and O–H groups in total. The molecule has 2 amide bonds. The Bertz CT molecular complexity index is 213. The number of amides is 2. The summed E-state index contributed by atoms with van der Waals surface area (Å²) in [5.41, 5.74) is 0. The van der Waals surface area contributed by atoms with Crippen LogP contribution in [0, 0.1) is 0 Å². The standard InChI is InChI=1S/C8H16N2O4S/c1-15-5-4-10-8(14)9-3-2-6(11)7(12)13/h6,11H,2-5H2,1H3,(H,12,13)(H2,9,10,14)/t6-/m0/s1. The highest BCUT2D eigenvalue weighted by Crippen LogP contribution is 1.89. The molecule has 0 radical (unpaired) electrons. The average molecular weight is 236 g/mol. The van der Waals surface area contributed by atoms with E-state index in [4.69, 9.17) is 10.2 Å². The molecule has 0 bridgehead atoms. The van der Waals surface area contributed by atoms with Crippen molar-refractivity contribution in [2.75, 3.05) is 25.1 Å². The van der Waals surface area contributed by atoms with Crippen LogP contribution in [0.4, 0.5) is 4.79 Å². The number of urea groups is 1. The van der Waals surface area contributed by atoms with Gasteiger partial charge in [0.05, 0.1) is 0 Å². The minimum atomic E-state index is -1.42. The van der Waals surface area contributed by atoms with Gasteiger partial charge in [-0.15, -0.1) is 0 Å². The van der Waals surface area contributed by atoms with Crippen LogP contribution in [0.1, 0.15) is 6.42 Å². The highest BCUT2D eigenvalue weighted by atomic mass is 32.2. The number of rotatable bonds is 7. The molecule has 0 aromatic rings. The molecular formula is C8H16N2O4S. The number of carbonyl (C=O) groups is 2. The molecule has 7 heteroatoms. The number of nitrogens with one attached hydrogen (secondary N) is 2. The van der Waals surface area contributed by atoms with Crippen LogP contribution in [0.2, 0.25) is 0 Å². The maximum atomic E-state index is 11.0. The largest absolute Gasteiger partial charge is 0.479 e. The van der Waals surface area contributed by atoms with Gasteiger partial charge in [0, 0.05) is 25.3 Å². The Kier molecular flexibility index (Phi) is 7.84. The molecule has 0 aromatic heterocycles. The Labute approximate surface area is 92.4 Å². The van der Waals surface area contributed by atoms with Gasteiger partial charge in [0.25, 0.3) is 0 Å². The van der Waals surface area contributed by atoms with Gasteiger partial charge in [-0.05, 0) is 6.26 Å². The Morgan fingerprint density at radius 1 is 1.33 bits per heavy atom. The van der Waals surface area contributed by atoms with Crippen molar-refractivity contribution < 1.29 is 19.8 Å². The first-order chi connectivity index (χ1) is 7.07. The van der Waals surface area contributed by atoms with Crippen LogP contribution in [-0.4, -0.2) is 53.4 Å². The Hall–Kier alpha value is -0.950. The Morgan fingerprint density at radius 3 is 2.47 bits per heavy atom. The average Bonchev–Trinajstić information content (AvgIpc) is 2.18. The van der Waals surface area contributed by atoms with E-state index < -0.39 is 12.1 Å². The summed E-state index contributed by atoms with van der Waals surface area (Å²) in [6, 6.07) is -0.346. The lowest BCUT2D eigenvalue weighted by Gasteiger charge is -2.08. The van der Waals surface area contributed by atoms with Gasteiger partial charge in [0.1, 0.15) is 0 Å². The summed E-state index contributed by atoms with van der Waals surface area (Å²) in [6.45, 7) is 0.701. The molecule has 0 unspecified atom stereocenters. The van der Waals surface area contributed by atoms with Gasteiger partial charge in [0.15, 0.2) is 6.10 Å². The maximum absolute atomic E-state index is 11.0. The summed E-state index contributed by atoms with van der Waals surface area (Å²) in [7, 11) is 0. The van der Waals surface area contributed by atoms with Gasteiger partial charge < -0.3 is 20.8 Å². The van der Waals surface area contributed by atoms with Crippen molar-refractivity contribution in [1.29, 1.82) is 0 Å². The topological polar surface area (TPSA) is 98.7 Å². The van der Waals surface area contributed by atoms with Crippen molar-refractivity contribution >= 4 is 23.8 Å². The first-order valence-electron chi connectivity index (χ1n) is 4.49. The van der Waals surface area contributed by atoms with Crippen molar-refractivity contribution in [2.24, 2.45) is 0 Å². The first kappa shape index (κ1) is 14.1. The third kappa shape index (κ3) is 8.07. The summed E-state index contributed by atoms with van der Waals surface area (Å²) in [4.78, 5) is 21.2. The molecule has 0 spiro atoms. The molecule has 0 aliphatic heterocycles. The van der Waals surface area contributed by atoms with Gasteiger partial charge in [0.2, 0.25) is 0 Å². The number of aliphatic carboxylic acids is 1. The van der Waals surface area contributed by atoms with Crippen LogP contribution >= 0.6 is 11.8 Å². The molecule has 88 valence electrons. The Balaban J connectivity index is 3.42. The summed E-state index contributed by atoms with van der Waals surface area (Å²) in [5.74, 6) is -0.454. The van der Waals surface area contributed by atoms with Crippen LogP contribution in [-0.2, 0) is 4.79 Å². The number of carbonyl (C=O) groups excluding carboxylic acids is 1. The normalized spacial score (nSPS) is 11.9. The molecule has 0 saturated carbocycles. The van der Waals surface area contributed by atoms with E-state index in [1.165, 1.54) is 0 Å². The zero-order chi connectivity index (χ0) is 11.7. The second kappa shape index (κ2) is 8.37. The van der Waals surface area contributed by atoms with Crippen molar-refractivity contribution in [2.45, 2.75) is 12.5 Å².